The molecular weight excluding hydrogens is 451 g/mol. The normalized spacial score (nSPS) is 12.2. The fraction of sp³-hybridized carbons (Fsp3) is 0.333. The van der Waals surface area contributed by atoms with Crippen LogP contribution in [-0.4, -0.2) is 27.1 Å². The number of nitrogens with one attached hydrogen (secondary N) is 1. The van der Waals surface area contributed by atoms with Crippen molar-refractivity contribution in [1.29, 1.82) is 0 Å². The lowest BCUT2D eigenvalue weighted by Gasteiger charge is -2.16. The summed E-state index contributed by atoms with van der Waals surface area (Å²) in [6.07, 6.45) is -4.64. The molecule has 0 fully saturated rings. The number of halogens is 3. The van der Waals surface area contributed by atoms with Gasteiger partial charge in [-0.25, -0.2) is 13.2 Å². The monoisotopic (exact) mass is 473 g/mol. The van der Waals surface area contributed by atoms with Crippen LogP contribution < -0.4 is 4.72 Å². The number of aryl methyl sites for hydroxylation is 1. The van der Waals surface area contributed by atoms with Crippen LogP contribution in [0.4, 0.5) is 18.9 Å². The number of anilines is 1. The number of esters is 2. The van der Waals surface area contributed by atoms with Crippen LogP contribution in [-0.2, 0) is 30.5 Å². The van der Waals surface area contributed by atoms with Gasteiger partial charge in [-0.15, -0.1) is 0 Å². The number of sulfonamides is 1. The Hall–Kier alpha value is -3.08. The number of carbonyl (C=O) groups is 2. The zero-order chi connectivity index (χ0) is 24.3. The Bertz CT molecular complexity index is 1120. The van der Waals surface area contributed by atoms with Gasteiger partial charge in [-0.3, -0.25) is 9.52 Å². The Balaban J connectivity index is 2.18. The summed E-state index contributed by atoms with van der Waals surface area (Å²) in [5.41, 5.74) is -1.93. The van der Waals surface area contributed by atoms with Crippen LogP contribution in [0, 0.1) is 12.3 Å². The lowest BCUT2D eigenvalue weighted by Crippen LogP contribution is -2.24. The van der Waals surface area contributed by atoms with E-state index in [9.17, 15) is 31.2 Å². The van der Waals surface area contributed by atoms with Crippen molar-refractivity contribution in [2.45, 2.75) is 38.8 Å². The molecule has 0 aliphatic carbocycles. The number of alkyl halides is 3. The highest BCUT2D eigenvalue weighted by Gasteiger charge is 2.31. The van der Waals surface area contributed by atoms with E-state index < -0.39 is 45.9 Å². The summed E-state index contributed by atoms with van der Waals surface area (Å²) in [4.78, 5) is 23.5. The Morgan fingerprint density at radius 1 is 1.00 bits per heavy atom. The molecule has 0 aliphatic heterocycles. The van der Waals surface area contributed by atoms with Crippen molar-refractivity contribution in [3.63, 3.8) is 0 Å². The molecular formula is C21H22F3NO6S. The van der Waals surface area contributed by atoms with Gasteiger partial charge in [0.25, 0.3) is 10.0 Å². The van der Waals surface area contributed by atoms with E-state index >= 15 is 0 Å². The van der Waals surface area contributed by atoms with Crippen molar-refractivity contribution in [3.8, 4) is 0 Å². The first-order valence-electron chi connectivity index (χ1n) is 9.26. The zero-order valence-corrected chi connectivity index (χ0v) is 18.6. The second-order valence-electron chi connectivity index (χ2n) is 7.89. The predicted octanol–water partition coefficient (Wildman–Crippen LogP) is 4.52. The third-order valence-corrected chi connectivity index (χ3v) is 5.54. The van der Waals surface area contributed by atoms with Crippen LogP contribution in [0.1, 0.15) is 42.3 Å². The van der Waals surface area contributed by atoms with E-state index in [0.717, 1.165) is 18.2 Å². The minimum absolute atomic E-state index is 0.152. The van der Waals surface area contributed by atoms with Gasteiger partial charge in [0.15, 0.2) is 0 Å². The van der Waals surface area contributed by atoms with E-state index in [1.54, 1.807) is 20.8 Å². The first kappa shape index (κ1) is 25.2. The largest absolute Gasteiger partial charge is 0.427 e. The molecule has 7 nitrogen and oxygen atoms in total. The molecule has 0 amide bonds. The highest BCUT2D eigenvalue weighted by Crippen LogP contribution is 2.32. The zero-order valence-electron chi connectivity index (χ0n) is 17.7. The molecule has 0 saturated heterocycles. The smallest absolute Gasteiger partial charge is 0.416 e. The summed E-state index contributed by atoms with van der Waals surface area (Å²) >= 11 is 0. The number of ether oxygens (including phenoxy) is 2. The standard InChI is InChI=1S/C21H22F3NO6S/c1-13-8-9-15(21(22,23)24)11-17(13)25-32(28,29)16-7-5-6-14(10-16)18(26)30-12-31-19(27)20(2,3)4/h5-11,25H,12H2,1-4H3. The van der Waals surface area contributed by atoms with E-state index in [0.29, 0.717) is 6.07 Å². The summed E-state index contributed by atoms with van der Waals surface area (Å²) in [6.45, 7) is 5.64. The third-order valence-electron chi connectivity index (χ3n) is 4.18. The van der Waals surface area contributed by atoms with E-state index in [1.807, 2.05) is 0 Å². The van der Waals surface area contributed by atoms with Gasteiger partial charge in [-0.1, -0.05) is 12.1 Å². The summed E-state index contributed by atoms with van der Waals surface area (Å²) in [7, 11) is -4.32. The van der Waals surface area contributed by atoms with E-state index in [4.69, 9.17) is 9.47 Å². The number of benzene rings is 2. The number of hydrogen-bond donors (Lipinski definition) is 1. The van der Waals surface area contributed by atoms with Crippen LogP contribution in [0.3, 0.4) is 0 Å². The summed E-state index contributed by atoms with van der Waals surface area (Å²) in [6, 6.07) is 7.40. The highest BCUT2D eigenvalue weighted by atomic mass is 32.2. The Morgan fingerprint density at radius 3 is 2.25 bits per heavy atom. The van der Waals surface area contributed by atoms with Crippen molar-refractivity contribution >= 4 is 27.6 Å². The van der Waals surface area contributed by atoms with Crippen molar-refractivity contribution in [2.24, 2.45) is 5.41 Å². The van der Waals surface area contributed by atoms with Crippen LogP contribution in [0.5, 0.6) is 0 Å². The van der Waals surface area contributed by atoms with Crippen LogP contribution in [0.2, 0.25) is 0 Å². The van der Waals surface area contributed by atoms with Crippen molar-refractivity contribution in [1.82, 2.24) is 0 Å². The maximum atomic E-state index is 13.0. The van der Waals surface area contributed by atoms with Crippen LogP contribution >= 0.6 is 0 Å². The Morgan fingerprint density at radius 2 is 1.66 bits per heavy atom. The average molecular weight is 473 g/mol. The molecule has 11 heteroatoms. The SMILES string of the molecule is Cc1ccc(C(F)(F)F)cc1NS(=O)(=O)c1cccc(C(=O)OCOC(=O)C(C)(C)C)c1. The van der Waals surface area contributed by atoms with Gasteiger partial charge in [0, 0.05) is 0 Å². The average Bonchev–Trinajstić information content (AvgIpc) is 2.67. The fourth-order valence-electron chi connectivity index (χ4n) is 2.34. The third kappa shape index (κ3) is 6.46. The van der Waals surface area contributed by atoms with E-state index in [-0.39, 0.29) is 21.7 Å². The molecule has 2 aromatic rings. The van der Waals surface area contributed by atoms with Crippen LogP contribution in [0.25, 0.3) is 0 Å². The molecule has 0 unspecified atom stereocenters. The number of carbonyl (C=O) groups excluding carboxylic acids is 2. The molecule has 0 aromatic heterocycles. The predicted molar refractivity (Wildman–Crippen MR) is 109 cm³/mol. The van der Waals surface area contributed by atoms with Crippen molar-refractivity contribution in [2.75, 3.05) is 11.5 Å². The van der Waals surface area contributed by atoms with Gasteiger partial charge < -0.3 is 9.47 Å². The summed E-state index contributed by atoms with van der Waals surface area (Å²) in [5, 5.41) is 0. The van der Waals surface area contributed by atoms with Crippen molar-refractivity contribution < 1.29 is 40.7 Å². The Kier molecular flexibility index (Phi) is 7.23. The molecule has 0 heterocycles. The quantitative estimate of drug-likeness (QED) is 0.489. The molecule has 0 aliphatic rings. The molecule has 2 rings (SSSR count). The molecule has 0 bridgehead atoms. The van der Waals surface area contributed by atoms with Gasteiger partial charge in [0.1, 0.15) is 0 Å². The maximum Gasteiger partial charge on any atom is 0.416 e. The summed E-state index contributed by atoms with van der Waals surface area (Å²) in [5.74, 6) is -1.54. The molecule has 1 N–H and O–H groups in total. The van der Waals surface area contributed by atoms with Crippen LogP contribution in [0.15, 0.2) is 47.4 Å². The summed E-state index contributed by atoms with van der Waals surface area (Å²) < 4.78 is 76.0. The second-order valence-corrected chi connectivity index (χ2v) is 9.57. The molecule has 0 atom stereocenters. The second kappa shape index (κ2) is 9.19. The first-order chi connectivity index (χ1) is 14.6. The van der Waals surface area contributed by atoms with Gasteiger partial charge >= 0.3 is 18.1 Å². The molecule has 32 heavy (non-hydrogen) atoms. The minimum Gasteiger partial charge on any atom is -0.427 e. The molecule has 0 radical (unpaired) electrons. The maximum absolute atomic E-state index is 13.0. The molecule has 0 spiro atoms. The number of rotatable bonds is 6. The Labute approximate surface area is 183 Å². The van der Waals surface area contributed by atoms with Crippen molar-refractivity contribution in [3.05, 3.63) is 59.2 Å². The molecule has 174 valence electrons. The van der Waals surface area contributed by atoms with E-state index in [1.165, 1.54) is 25.1 Å². The molecule has 0 saturated carbocycles. The van der Waals surface area contributed by atoms with Gasteiger partial charge in [0.05, 0.1) is 27.1 Å². The fourth-order valence-corrected chi connectivity index (χ4v) is 3.51. The first-order valence-corrected chi connectivity index (χ1v) is 10.7. The highest BCUT2D eigenvalue weighted by molar-refractivity contribution is 7.92. The lowest BCUT2D eigenvalue weighted by atomic mass is 9.98. The topological polar surface area (TPSA) is 98.8 Å². The van der Waals surface area contributed by atoms with E-state index in [2.05, 4.69) is 4.72 Å². The lowest BCUT2D eigenvalue weighted by molar-refractivity contribution is -0.161. The minimum atomic E-state index is -4.64. The number of hydrogen-bond acceptors (Lipinski definition) is 6. The van der Waals surface area contributed by atoms with Gasteiger partial charge in [-0.2, -0.15) is 13.2 Å². The molecule has 2 aromatic carbocycles. The van der Waals surface area contributed by atoms with Gasteiger partial charge in [0.2, 0.25) is 6.79 Å². The van der Waals surface area contributed by atoms with Gasteiger partial charge in [-0.05, 0) is 63.6 Å².